The van der Waals surface area contributed by atoms with Crippen LogP contribution in [-0.4, -0.2) is 9.97 Å². The molecule has 4 rings (SSSR count). The Hall–Kier alpha value is -3.07. The Bertz CT molecular complexity index is 1290. The van der Waals surface area contributed by atoms with Crippen LogP contribution < -0.4 is 4.74 Å². The minimum absolute atomic E-state index is 0.437. The summed E-state index contributed by atoms with van der Waals surface area (Å²) in [5.74, 6) is 1.28. The molecule has 0 bridgehead atoms. The second-order valence-electron chi connectivity index (χ2n) is 6.88. The normalized spacial score (nSPS) is 11.5. The number of ether oxygens (including phenoxy) is 1. The number of nitriles is 1. The number of hydrogen-bond donors (Lipinski definition) is 1. The van der Waals surface area contributed by atoms with Crippen molar-refractivity contribution in [1.82, 2.24) is 9.97 Å². The standard InChI is InChI=1S/C24H17BrClN3O/c1-15-2-8-21-22(10-15)29-24(28-21)18(13-27)11-17-5-9-23(20(25)12-17)30-14-16-3-6-19(26)7-4-16/h2-12H,14H2,1H3,(H,28,29)/b18-11-. The molecule has 1 heterocycles. The lowest BCUT2D eigenvalue weighted by Gasteiger charge is -2.09. The number of rotatable bonds is 5. The highest BCUT2D eigenvalue weighted by Gasteiger charge is 2.09. The summed E-state index contributed by atoms with van der Waals surface area (Å²) in [5, 5.41) is 10.3. The van der Waals surface area contributed by atoms with E-state index < -0.39 is 0 Å². The molecule has 0 spiro atoms. The predicted molar refractivity (Wildman–Crippen MR) is 124 cm³/mol. The van der Waals surface area contributed by atoms with Crippen molar-refractivity contribution in [3.05, 3.63) is 92.7 Å². The highest BCUT2D eigenvalue weighted by atomic mass is 79.9. The van der Waals surface area contributed by atoms with Gasteiger partial charge in [0.2, 0.25) is 0 Å². The number of benzene rings is 3. The van der Waals surface area contributed by atoms with Gasteiger partial charge in [-0.05, 0) is 82.0 Å². The van der Waals surface area contributed by atoms with Crippen LogP contribution in [0.2, 0.25) is 5.02 Å². The van der Waals surface area contributed by atoms with Gasteiger partial charge in [-0.25, -0.2) is 4.98 Å². The lowest BCUT2D eigenvalue weighted by Crippen LogP contribution is -1.96. The molecule has 0 aliphatic heterocycles. The summed E-state index contributed by atoms with van der Waals surface area (Å²) in [6, 6.07) is 21.5. The molecule has 0 aliphatic rings. The Morgan fingerprint density at radius 1 is 1.17 bits per heavy atom. The van der Waals surface area contributed by atoms with Gasteiger partial charge in [0.15, 0.2) is 0 Å². The average Bonchev–Trinajstić information content (AvgIpc) is 3.15. The maximum Gasteiger partial charge on any atom is 0.149 e. The summed E-state index contributed by atoms with van der Waals surface area (Å²) in [5.41, 5.74) is 5.25. The molecule has 0 aliphatic carbocycles. The number of aromatic nitrogens is 2. The van der Waals surface area contributed by atoms with E-state index in [1.165, 1.54) is 0 Å². The third kappa shape index (κ3) is 4.56. The van der Waals surface area contributed by atoms with Gasteiger partial charge in [0, 0.05) is 5.02 Å². The molecule has 4 nitrogen and oxygen atoms in total. The molecule has 4 aromatic rings. The average molecular weight is 479 g/mol. The van der Waals surface area contributed by atoms with Crippen molar-refractivity contribution in [2.24, 2.45) is 0 Å². The molecule has 0 saturated carbocycles. The van der Waals surface area contributed by atoms with Gasteiger partial charge in [0.1, 0.15) is 24.3 Å². The molecule has 0 unspecified atom stereocenters. The van der Waals surface area contributed by atoms with E-state index in [1.807, 2.05) is 67.6 Å². The molecule has 0 radical (unpaired) electrons. The smallest absolute Gasteiger partial charge is 0.149 e. The van der Waals surface area contributed by atoms with Gasteiger partial charge in [0.05, 0.1) is 21.1 Å². The van der Waals surface area contributed by atoms with E-state index in [0.717, 1.165) is 37.9 Å². The number of aromatic amines is 1. The SMILES string of the molecule is Cc1ccc2nc(/C(C#N)=C\c3ccc(OCc4ccc(Cl)cc4)c(Br)c3)[nH]c2c1. The first-order valence-corrected chi connectivity index (χ1v) is 10.4. The van der Waals surface area contributed by atoms with Crippen LogP contribution in [0.5, 0.6) is 5.75 Å². The van der Waals surface area contributed by atoms with E-state index in [9.17, 15) is 5.26 Å². The fraction of sp³-hybridized carbons (Fsp3) is 0.0833. The van der Waals surface area contributed by atoms with E-state index in [-0.39, 0.29) is 0 Å². The Morgan fingerprint density at radius 2 is 1.97 bits per heavy atom. The third-order valence-electron chi connectivity index (χ3n) is 4.59. The number of imidazole rings is 1. The van der Waals surface area contributed by atoms with Crippen molar-refractivity contribution < 1.29 is 4.74 Å². The first-order chi connectivity index (χ1) is 14.5. The summed E-state index contributed by atoms with van der Waals surface area (Å²) in [7, 11) is 0. The van der Waals surface area contributed by atoms with Crippen LogP contribution >= 0.6 is 27.5 Å². The van der Waals surface area contributed by atoms with Gasteiger partial charge in [-0.1, -0.05) is 35.9 Å². The van der Waals surface area contributed by atoms with E-state index in [1.54, 1.807) is 6.08 Å². The number of hydrogen-bond acceptors (Lipinski definition) is 3. The number of nitrogens with zero attached hydrogens (tertiary/aromatic N) is 2. The topological polar surface area (TPSA) is 61.7 Å². The maximum atomic E-state index is 9.65. The van der Waals surface area contributed by atoms with Crippen LogP contribution in [-0.2, 0) is 6.61 Å². The van der Waals surface area contributed by atoms with Gasteiger partial charge in [0.25, 0.3) is 0 Å². The summed E-state index contributed by atoms with van der Waals surface area (Å²) >= 11 is 9.47. The number of nitrogens with one attached hydrogen (secondary N) is 1. The second kappa shape index (κ2) is 8.74. The molecule has 30 heavy (non-hydrogen) atoms. The van der Waals surface area contributed by atoms with Crippen molar-refractivity contribution in [3.63, 3.8) is 0 Å². The number of fused-ring (bicyclic) bond motifs is 1. The summed E-state index contributed by atoms with van der Waals surface area (Å²) in [6.45, 7) is 2.46. The van der Waals surface area contributed by atoms with Crippen molar-refractivity contribution in [1.29, 1.82) is 5.26 Å². The van der Waals surface area contributed by atoms with E-state index in [0.29, 0.717) is 23.0 Å². The van der Waals surface area contributed by atoms with Gasteiger partial charge in [-0.15, -0.1) is 0 Å². The molecule has 3 aromatic carbocycles. The van der Waals surface area contributed by atoms with Crippen molar-refractivity contribution in [2.75, 3.05) is 0 Å². The fourth-order valence-corrected chi connectivity index (χ4v) is 3.67. The minimum atomic E-state index is 0.437. The quantitative estimate of drug-likeness (QED) is 0.316. The zero-order valence-corrected chi connectivity index (χ0v) is 18.5. The molecule has 0 amide bonds. The van der Waals surface area contributed by atoms with Crippen LogP contribution in [0.3, 0.4) is 0 Å². The summed E-state index contributed by atoms with van der Waals surface area (Å²) in [6.07, 6.45) is 1.80. The highest BCUT2D eigenvalue weighted by molar-refractivity contribution is 9.10. The van der Waals surface area contributed by atoms with Gasteiger partial charge >= 0.3 is 0 Å². The third-order valence-corrected chi connectivity index (χ3v) is 5.46. The van der Waals surface area contributed by atoms with Gasteiger partial charge in [-0.3, -0.25) is 0 Å². The van der Waals surface area contributed by atoms with Crippen LogP contribution in [0.4, 0.5) is 0 Å². The van der Waals surface area contributed by atoms with Crippen LogP contribution in [0.1, 0.15) is 22.5 Å². The molecule has 6 heteroatoms. The highest BCUT2D eigenvalue weighted by Crippen LogP contribution is 2.29. The lowest BCUT2D eigenvalue weighted by atomic mass is 10.1. The summed E-state index contributed by atoms with van der Waals surface area (Å²) in [4.78, 5) is 7.77. The Kier molecular flexibility index (Phi) is 5.89. The fourth-order valence-electron chi connectivity index (χ4n) is 3.04. The Labute approximate surface area is 187 Å². The molecule has 1 aromatic heterocycles. The maximum absolute atomic E-state index is 9.65. The second-order valence-corrected chi connectivity index (χ2v) is 8.17. The Balaban J connectivity index is 1.55. The van der Waals surface area contributed by atoms with Crippen LogP contribution in [0.25, 0.3) is 22.7 Å². The van der Waals surface area contributed by atoms with E-state index >= 15 is 0 Å². The summed E-state index contributed by atoms with van der Waals surface area (Å²) < 4.78 is 6.70. The van der Waals surface area contributed by atoms with E-state index in [4.69, 9.17) is 16.3 Å². The zero-order valence-electron chi connectivity index (χ0n) is 16.1. The number of aryl methyl sites for hydroxylation is 1. The largest absolute Gasteiger partial charge is 0.488 e. The zero-order chi connectivity index (χ0) is 21.1. The lowest BCUT2D eigenvalue weighted by molar-refractivity contribution is 0.304. The van der Waals surface area contributed by atoms with E-state index in [2.05, 4.69) is 32.0 Å². The molecule has 0 fully saturated rings. The molecule has 0 saturated heterocycles. The van der Waals surface area contributed by atoms with Crippen molar-refractivity contribution >= 4 is 50.2 Å². The molecule has 0 atom stereocenters. The number of allylic oxidation sites excluding steroid dienone is 1. The number of H-pyrrole nitrogens is 1. The predicted octanol–water partition coefficient (Wildman–Crippen LogP) is 6.93. The monoisotopic (exact) mass is 477 g/mol. The van der Waals surface area contributed by atoms with Gasteiger partial charge < -0.3 is 9.72 Å². The molecular weight excluding hydrogens is 462 g/mol. The van der Waals surface area contributed by atoms with Crippen molar-refractivity contribution in [2.45, 2.75) is 13.5 Å². The minimum Gasteiger partial charge on any atom is -0.488 e. The van der Waals surface area contributed by atoms with Crippen LogP contribution in [0.15, 0.2) is 65.1 Å². The molecule has 148 valence electrons. The first kappa shape index (κ1) is 20.2. The van der Waals surface area contributed by atoms with Gasteiger partial charge in [-0.2, -0.15) is 5.26 Å². The Morgan fingerprint density at radius 3 is 2.70 bits per heavy atom. The molecule has 1 N–H and O–H groups in total. The molecular formula is C24H17BrClN3O. The van der Waals surface area contributed by atoms with Crippen LogP contribution in [0, 0.1) is 18.3 Å². The van der Waals surface area contributed by atoms with Crippen molar-refractivity contribution in [3.8, 4) is 11.8 Å². The first-order valence-electron chi connectivity index (χ1n) is 9.27. The number of halogens is 2.